The number of amides is 2. The lowest BCUT2D eigenvalue weighted by Crippen LogP contribution is -2.33. The van der Waals surface area contributed by atoms with Crippen LogP contribution in [0.3, 0.4) is 0 Å². The fourth-order valence-electron chi connectivity index (χ4n) is 3.37. The van der Waals surface area contributed by atoms with Crippen LogP contribution in [0.5, 0.6) is 0 Å². The quantitative estimate of drug-likeness (QED) is 0.647. The minimum atomic E-state index is -0.402. The molecule has 1 aliphatic heterocycles. The largest absolute Gasteiger partial charge is 0.443 e. The molecule has 1 aromatic carbocycles. The van der Waals surface area contributed by atoms with Gasteiger partial charge in [0, 0.05) is 29.2 Å². The van der Waals surface area contributed by atoms with E-state index in [1.807, 2.05) is 27.7 Å². The maximum absolute atomic E-state index is 12.7. The second-order valence-electron chi connectivity index (χ2n) is 9.13. The van der Waals surface area contributed by atoms with Crippen molar-refractivity contribution in [3.05, 3.63) is 45.7 Å². The average molecular weight is 459 g/mol. The van der Waals surface area contributed by atoms with E-state index >= 15 is 0 Å². The Labute approximate surface area is 191 Å². The van der Waals surface area contributed by atoms with Crippen molar-refractivity contribution >= 4 is 34.8 Å². The van der Waals surface area contributed by atoms with Gasteiger partial charge >= 0.3 is 5.97 Å². The highest BCUT2D eigenvalue weighted by Gasteiger charge is 2.23. The minimum absolute atomic E-state index is 0.00437. The molecule has 172 valence electrons. The number of carbonyl (C=O) groups is 3. The number of nitrogens with one attached hydrogen (secondary N) is 2. The molecule has 2 heterocycles. The van der Waals surface area contributed by atoms with Gasteiger partial charge in [0.25, 0.3) is 5.91 Å². The Morgan fingerprint density at radius 1 is 1.31 bits per heavy atom. The van der Waals surface area contributed by atoms with Gasteiger partial charge in [0.2, 0.25) is 5.91 Å². The van der Waals surface area contributed by atoms with Gasteiger partial charge in [0.05, 0.1) is 0 Å². The van der Waals surface area contributed by atoms with E-state index in [0.29, 0.717) is 22.5 Å². The number of ether oxygens (including phenoxy) is 1. The predicted molar refractivity (Wildman–Crippen MR) is 123 cm³/mol. The van der Waals surface area contributed by atoms with Crippen molar-refractivity contribution < 1.29 is 19.1 Å². The summed E-state index contributed by atoms with van der Waals surface area (Å²) in [5.41, 5.74) is 1.77. The van der Waals surface area contributed by atoms with Crippen LogP contribution >= 0.6 is 11.3 Å². The van der Waals surface area contributed by atoms with E-state index in [1.54, 1.807) is 34.3 Å². The second-order valence-corrected chi connectivity index (χ2v) is 10.0. The molecule has 9 heteroatoms. The number of benzene rings is 1. The van der Waals surface area contributed by atoms with Crippen molar-refractivity contribution in [2.24, 2.45) is 10.4 Å². The van der Waals surface area contributed by atoms with E-state index in [-0.39, 0.29) is 30.1 Å². The molecule has 0 bridgehead atoms. The Bertz CT molecular complexity index is 1060. The number of thiazole rings is 1. The summed E-state index contributed by atoms with van der Waals surface area (Å²) in [5.74, 6) is -0.759. The van der Waals surface area contributed by atoms with E-state index < -0.39 is 5.91 Å². The number of hydrogen-bond donors (Lipinski definition) is 2. The molecular weight excluding hydrogens is 428 g/mol. The van der Waals surface area contributed by atoms with Crippen molar-refractivity contribution in [1.82, 2.24) is 9.88 Å². The number of esters is 1. The van der Waals surface area contributed by atoms with Crippen LogP contribution in [0.25, 0.3) is 0 Å². The fraction of sp³-hybridized carbons (Fsp3) is 0.478. The summed E-state index contributed by atoms with van der Waals surface area (Å²) in [6.45, 7) is 8.68. The molecule has 1 aliphatic rings. The Morgan fingerprint density at radius 3 is 2.75 bits per heavy atom. The second kappa shape index (κ2) is 10.2. The summed E-state index contributed by atoms with van der Waals surface area (Å²) >= 11 is 1.29. The Kier molecular flexibility index (Phi) is 7.63. The monoisotopic (exact) mass is 458 g/mol. The van der Waals surface area contributed by atoms with E-state index in [1.165, 1.54) is 11.3 Å². The maximum atomic E-state index is 12.7. The molecule has 0 saturated carbocycles. The zero-order valence-electron chi connectivity index (χ0n) is 18.9. The van der Waals surface area contributed by atoms with Crippen molar-refractivity contribution in [3.63, 3.8) is 0 Å². The van der Waals surface area contributed by atoms with Gasteiger partial charge in [-0.2, -0.15) is 4.99 Å². The molecule has 32 heavy (non-hydrogen) atoms. The van der Waals surface area contributed by atoms with Crippen LogP contribution in [0.2, 0.25) is 0 Å². The van der Waals surface area contributed by atoms with Gasteiger partial charge in [-0.15, -0.1) is 11.3 Å². The summed E-state index contributed by atoms with van der Waals surface area (Å²) in [5, 5.41) is 7.79. The molecule has 2 N–H and O–H groups in total. The molecule has 0 aliphatic carbocycles. The lowest BCUT2D eigenvalue weighted by molar-refractivity contribution is -0.149. The van der Waals surface area contributed by atoms with Crippen molar-refractivity contribution in [1.29, 1.82) is 0 Å². The average Bonchev–Trinajstić information content (AvgIpc) is 3.38. The zero-order chi connectivity index (χ0) is 23.3. The standard InChI is InChI=1S/C23H30N4O4S/c1-15-12-16(7-8-17(15)25-19(28)13-23(2,3)4)20(29)26-22-27(10-11-32-22)14-31-21(30)18-6-5-9-24-18/h7-8,10-12,18,24H,5-6,9,13-14H2,1-4H3,(H,25,28). The molecule has 8 nitrogen and oxygen atoms in total. The predicted octanol–water partition coefficient (Wildman–Crippen LogP) is 3.23. The van der Waals surface area contributed by atoms with E-state index in [9.17, 15) is 14.4 Å². The fourth-order valence-corrected chi connectivity index (χ4v) is 4.08. The molecule has 2 amide bonds. The van der Waals surface area contributed by atoms with E-state index in [2.05, 4.69) is 15.6 Å². The maximum Gasteiger partial charge on any atom is 0.324 e. The van der Waals surface area contributed by atoms with E-state index in [4.69, 9.17) is 4.74 Å². The summed E-state index contributed by atoms with van der Waals surface area (Å²) in [6, 6.07) is 4.82. The lowest BCUT2D eigenvalue weighted by atomic mass is 9.92. The minimum Gasteiger partial charge on any atom is -0.443 e. The number of rotatable bonds is 6. The van der Waals surface area contributed by atoms with Crippen LogP contribution in [-0.4, -0.2) is 34.9 Å². The van der Waals surface area contributed by atoms with Gasteiger partial charge in [-0.3, -0.25) is 19.0 Å². The first kappa shape index (κ1) is 23.9. The van der Waals surface area contributed by atoms with Crippen LogP contribution in [0.1, 0.15) is 56.0 Å². The third kappa shape index (κ3) is 6.61. The Morgan fingerprint density at radius 2 is 2.09 bits per heavy atom. The lowest BCUT2D eigenvalue weighted by Gasteiger charge is -2.18. The molecule has 0 spiro atoms. The molecule has 1 atom stereocenters. The zero-order valence-corrected chi connectivity index (χ0v) is 19.8. The number of aryl methyl sites for hydroxylation is 1. The number of aromatic nitrogens is 1. The molecule has 1 unspecified atom stereocenters. The number of hydrogen-bond acceptors (Lipinski definition) is 6. The number of anilines is 1. The summed E-state index contributed by atoms with van der Waals surface area (Å²) in [6.07, 6.45) is 3.86. The smallest absolute Gasteiger partial charge is 0.324 e. The molecular formula is C23H30N4O4S. The molecule has 0 radical (unpaired) electrons. The van der Waals surface area contributed by atoms with Crippen LogP contribution in [0.4, 0.5) is 5.69 Å². The number of nitrogens with zero attached hydrogens (tertiary/aromatic N) is 2. The first-order valence-electron chi connectivity index (χ1n) is 10.7. The van der Waals surface area contributed by atoms with Gasteiger partial charge < -0.3 is 15.4 Å². The van der Waals surface area contributed by atoms with Crippen LogP contribution < -0.4 is 15.4 Å². The molecule has 1 aromatic heterocycles. The SMILES string of the molecule is Cc1cc(C(=O)N=c2sccn2COC(=O)C2CCCN2)ccc1NC(=O)CC(C)(C)C. The van der Waals surface area contributed by atoms with Gasteiger partial charge in [0.1, 0.15) is 6.04 Å². The van der Waals surface area contributed by atoms with Gasteiger partial charge in [-0.05, 0) is 55.5 Å². The Balaban J connectivity index is 1.66. The van der Waals surface area contributed by atoms with Gasteiger partial charge in [-0.1, -0.05) is 20.8 Å². The van der Waals surface area contributed by atoms with Crippen LogP contribution in [0, 0.1) is 12.3 Å². The summed E-state index contributed by atoms with van der Waals surface area (Å²) in [7, 11) is 0. The van der Waals surface area contributed by atoms with Crippen molar-refractivity contribution in [2.45, 2.75) is 59.7 Å². The summed E-state index contributed by atoms with van der Waals surface area (Å²) in [4.78, 5) is 41.6. The van der Waals surface area contributed by atoms with E-state index in [0.717, 1.165) is 24.9 Å². The molecule has 2 aromatic rings. The Hall–Kier alpha value is -2.78. The van der Waals surface area contributed by atoms with Crippen molar-refractivity contribution in [2.75, 3.05) is 11.9 Å². The highest BCUT2D eigenvalue weighted by atomic mass is 32.1. The molecule has 1 fully saturated rings. The normalized spacial score (nSPS) is 16.8. The van der Waals surface area contributed by atoms with Gasteiger partial charge in [-0.25, -0.2) is 0 Å². The van der Waals surface area contributed by atoms with Gasteiger partial charge in [0.15, 0.2) is 11.5 Å². The van der Waals surface area contributed by atoms with Crippen LogP contribution in [0.15, 0.2) is 34.8 Å². The number of carbonyl (C=O) groups excluding carboxylic acids is 3. The topological polar surface area (TPSA) is 102 Å². The molecule has 3 rings (SSSR count). The van der Waals surface area contributed by atoms with Crippen LogP contribution in [-0.2, 0) is 21.1 Å². The van der Waals surface area contributed by atoms with Crippen molar-refractivity contribution in [3.8, 4) is 0 Å². The highest BCUT2D eigenvalue weighted by Crippen LogP contribution is 2.22. The molecule has 1 saturated heterocycles. The third-order valence-electron chi connectivity index (χ3n) is 4.99. The third-order valence-corrected chi connectivity index (χ3v) is 5.78. The summed E-state index contributed by atoms with van der Waals surface area (Å²) < 4.78 is 6.99. The first-order valence-corrected chi connectivity index (χ1v) is 11.5. The highest BCUT2D eigenvalue weighted by molar-refractivity contribution is 7.07. The first-order chi connectivity index (χ1) is 15.1.